The predicted molar refractivity (Wildman–Crippen MR) is 117 cm³/mol. The Kier molecular flexibility index (Phi) is 4.50. The van der Waals surface area contributed by atoms with Gasteiger partial charge in [-0.1, -0.05) is 48.5 Å². The molecule has 0 saturated carbocycles. The SMILES string of the molecule is Cc1cc(N2CCC3(CC2)CC(=O)N(Cc2ccccc2)C3)nc2ccccc12. The van der Waals surface area contributed by atoms with Crippen LogP contribution in [0.3, 0.4) is 0 Å². The summed E-state index contributed by atoms with van der Waals surface area (Å²) in [6, 6.07) is 20.9. The molecule has 2 aliphatic rings. The number of carbonyl (C=O) groups excluding carboxylic acids is 1. The van der Waals surface area contributed by atoms with E-state index in [0.717, 1.165) is 50.4 Å². The Morgan fingerprint density at radius 1 is 1.00 bits per heavy atom. The van der Waals surface area contributed by atoms with Crippen molar-refractivity contribution in [2.75, 3.05) is 24.5 Å². The van der Waals surface area contributed by atoms with Crippen LogP contribution in [0, 0.1) is 12.3 Å². The lowest BCUT2D eigenvalue weighted by Gasteiger charge is -2.39. The summed E-state index contributed by atoms with van der Waals surface area (Å²) in [6.07, 6.45) is 2.80. The van der Waals surface area contributed by atoms with E-state index in [9.17, 15) is 4.79 Å². The van der Waals surface area contributed by atoms with Gasteiger partial charge in [0.25, 0.3) is 0 Å². The molecule has 4 heteroatoms. The zero-order valence-electron chi connectivity index (χ0n) is 17.0. The highest BCUT2D eigenvalue weighted by Gasteiger charge is 2.44. The smallest absolute Gasteiger partial charge is 0.223 e. The number of benzene rings is 2. The van der Waals surface area contributed by atoms with Crippen LogP contribution in [-0.4, -0.2) is 35.4 Å². The van der Waals surface area contributed by atoms with Crippen LogP contribution in [0.4, 0.5) is 5.82 Å². The fourth-order valence-corrected chi connectivity index (χ4v) is 4.97. The van der Waals surface area contributed by atoms with Crippen LogP contribution in [0.25, 0.3) is 10.9 Å². The highest BCUT2D eigenvalue weighted by Crippen LogP contribution is 2.42. The molecule has 0 unspecified atom stereocenters. The third-order valence-corrected chi connectivity index (χ3v) is 6.68. The average Bonchev–Trinajstić information content (AvgIpc) is 3.03. The maximum atomic E-state index is 12.7. The number of nitrogens with zero attached hydrogens (tertiary/aromatic N) is 3. The molecule has 2 aromatic carbocycles. The number of hydrogen-bond acceptors (Lipinski definition) is 3. The van der Waals surface area contributed by atoms with E-state index in [1.165, 1.54) is 16.5 Å². The molecule has 148 valence electrons. The van der Waals surface area contributed by atoms with Crippen LogP contribution in [0.5, 0.6) is 0 Å². The molecule has 2 aliphatic heterocycles. The summed E-state index contributed by atoms with van der Waals surface area (Å²) in [5.41, 5.74) is 3.68. The van der Waals surface area contributed by atoms with E-state index >= 15 is 0 Å². The zero-order valence-corrected chi connectivity index (χ0v) is 17.0. The van der Waals surface area contributed by atoms with Crippen molar-refractivity contribution in [1.82, 2.24) is 9.88 Å². The highest BCUT2D eigenvalue weighted by molar-refractivity contribution is 5.84. The van der Waals surface area contributed by atoms with Crippen LogP contribution in [-0.2, 0) is 11.3 Å². The summed E-state index contributed by atoms with van der Waals surface area (Å²) < 4.78 is 0. The number of aryl methyl sites for hydroxylation is 1. The number of rotatable bonds is 3. The first kappa shape index (κ1) is 18.2. The van der Waals surface area contributed by atoms with E-state index in [1.807, 2.05) is 18.2 Å². The summed E-state index contributed by atoms with van der Waals surface area (Å²) in [6.45, 7) is 5.72. The van der Waals surface area contributed by atoms with Gasteiger partial charge in [0.05, 0.1) is 5.52 Å². The number of para-hydroxylation sites is 1. The van der Waals surface area contributed by atoms with Gasteiger partial charge in [0.1, 0.15) is 5.82 Å². The molecule has 2 saturated heterocycles. The first-order chi connectivity index (χ1) is 14.1. The van der Waals surface area contributed by atoms with Gasteiger partial charge in [-0.25, -0.2) is 4.98 Å². The maximum Gasteiger partial charge on any atom is 0.223 e. The molecule has 5 rings (SSSR count). The van der Waals surface area contributed by atoms with Gasteiger partial charge in [-0.05, 0) is 43.0 Å². The molecule has 0 atom stereocenters. The first-order valence-corrected chi connectivity index (χ1v) is 10.6. The second-order valence-corrected chi connectivity index (χ2v) is 8.71. The topological polar surface area (TPSA) is 36.4 Å². The van der Waals surface area contributed by atoms with Crippen molar-refractivity contribution >= 4 is 22.6 Å². The molecule has 0 radical (unpaired) electrons. The Bertz CT molecular complexity index is 1040. The summed E-state index contributed by atoms with van der Waals surface area (Å²) in [7, 11) is 0. The molecule has 0 aliphatic carbocycles. The van der Waals surface area contributed by atoms with Gasteiger partial charge in [0, 0.05) is 43.4 Å². The molecule has 29 heavy (non-hydrogen) atoms. The molecular formula is C25H27N3O. The van der Waals surface area contributed by atoms with Crippen LogP contribution in [0.2, 0.25) is 0 Å². The van der Waals surface area contributed by atoms with Crippen molar-refractivity contribution in [3.8, 4) is 0 Å². The number of piperidine rings is 1. The minimum Gasteiger partial charge on any atom is -0.357 e. The van der Waals surface area contributed by atoms with Crippen molar-refractivity contribution in [3.05, 3.63) is 71.8 Å². The number of likely N-dealkylation sites (tertiary alicyclic amines) is 1. The van der Waals surface area contributed by atoms with Crippen molar-refractivity contribution in [3.63, 3.8) is 0 Å². The lowest BCUT2D eigenvalue weighted by atomic mass is 9.77. The number of hydrogen-bond donors (Lipinski definition) is 0. The number of carbonyl (C=O) groups is 1. The van der Waals surface area contributed by atoms with Crippen molar-refractivity contribution in [2.24, 2.45) is 5.41 Å². The fraction of sp³-hybridized carbons (Fsp3) is 0.360. The summed E-state index contributed by atoms with van der Waals surface area (Å²) in [4.78, 5) is 22.1. The Balaban J connectivity index is 1.28. The highest BCUT2D eigenvalue weighted by atomic mass is 16.2. The second-order valence-electron chi connectivity index (χ2n) is 8.71. The fourth-order valence-electron chi connectivity index (χ4n) is 4.97. The molecule has 3 heterocycles. The van der Waals surface area contributed by atoms with Gasteiger partial charge in [-0.3, -0.25) is 4.79 Å². The van der Waals surface area contributed by atoms with Crippen molar-refractivity contribution in [1.29, 1.82) is 0 Å². The molecule has 1 amide bonds. The van der Waals surface area contributed by atoms with Gasteiger partial charge in [-0.2, -0.15) is 0 Å². The van der Waals surface area contributed by atoms with E-state index in [-0.39, 0.29) is 5.41 Å². The number of aromatic nitrogens is 1. The lowest BCUT2D eigenvalue weighted by Crippen LogP contribution is -2.42. The normalized spacial score (nSPS) is 18.7. The summed E-state index contributed by atoms with van der Waals surface area (Å²) in [5, 5.41) is 1.22. The van der Waals surface area contributed by atoms with E-state index < -0.39 is 0 Å². The average molecular weight is 386 g/mol. The Morgan fingerprint density at radius 3 is 2.52 bits per heavy atom. The Labute approximate surface area is 172 Å². The predicted octanol–water partition coefficient (Wildman–Crippen LogP) is 4.56. The first-order valence-electron chi connectivity index (χ1n) is 10.6. The minimum absolute atomic E-state index is 0.133. The van der Waals surface area contributed by atoms with Crippen LogP contribution >= 0.6 is 0 Å². The quantitative estimate of drug-likeness (QED) is 0.663. The Morgan fingerprint density at radius 2 is 1.72 bits per heavy atom. The molecule has 0 N–H and O–H groups in total. The molecule has 0 bridgehead atoms. The van der Waals surface area contributed by atoms with Gasteiger partial charge < -0.3 is 9.80 Å². The summed E-state index contributed by atoms with van der Waals surface area (Å²) in [5.74, 6) is 1.38. The van der Waals surface area contributed by atoms with E-state index in [2.05, 4.69) is 59.2 Å². The maximum absolute atomic E-state index is 12.7. The number of pyridine rings is 1. The molecular weight excluding hydrogens is 358 g/mol. The minimum atomic E-state index is 0.133. The van der Waals surface area contributed by atoms with Gasteiger partial charge in [0.15, 0.2) is 0 Å². The van der Waals surface area contributed by atoms with Gasteiger partial charge in [0.2, 0.25) is 5.91 Å². The van der Waals surface area contributed by atoms with Crippen LogP contribution < -0.4 is 4.90 Å². The van der Waals surface area contributed by atoms with Gasteiger partial charge >= 0.3 is 0 Å². The van der Waals surface area contributed by atoms with Crippen LogP contribution in [0.1, 0.15) is 30.4 Å². The largest absolute Gasteiger partial charge is 0.357 e. The molecule has 1 aromatic heterocycles. The standard InChI is InChI=1S/C25H27N3O/c1-19-15-23(26-22-10-6-5-9-21(19)22)27-13-11-25(12-14-27)16-24(29)28(18-25)17-20-7-3-2-4-8-20/h2-10,15H,11-14,16-18H2,1H3. The van der Waals surface area contributed by atoms with Crippen LogP contribution in [0.15, 0.2) is 60.7 Å². The van der Waals surface area contributed by atoms with E-state index in [0.29, 0.717) is 12.3 Å². The molecule has 4 nitrogen and oxygen atoms in total. The number of amides is 1. The third-order valence-electron chi connectivity index (χ3n) is 6.68. The molecule has 1 spiro atoms. The monoisotopic (exact) mass is 385 g/mol. The van der Waals surface area contributed by atoms with Gasteiger partial charge in [-0.15, -0.1) is 0 Å². The van der Waals surface area contributed by atoms with Crippen molar-refractivity contribution < 1.29 is 4.79 Å². The Hall–Kier alpha value is -2.88. The molecule has 3 aromatic rings. The van der Waals surface area contributed by atoms with E-state index in [1.54, 1.807) is 0 Å². The number of anilines is 1. The zero-order chi connectivity index (χ0) is 19.8. The third kappa shape index (κ3) is 3.48. The molecule has 2 fully saturated rings. The van der Waals surface area contributed by atoms with E-state index in [4.69, 9.17) is 4.98 Å². The summed E-state index contributed by atoms with van der Waals surface area (Å²) >= 11 is 0. The second kappa shape index (κ2) is 7.18. The van der Waals surface area contributed by atoms with Crippen molar-refractivity contribution in [2.45, 2.75) is 32.7 Å². The lowest BCUT2D eigenvalue weighted by molar-refractivity contribution is -0.128. The number of fused-ring (bicyclic) bond motifs is 1.